The van der Waals surface area contributed by atoms with Gasteiger partial charge in [-0.25, -0.2) is 16.8 Å². The minimum atomic E-state index is -3.66. The molecule has 0 aromatic heterocycles. The number of rotatable bonds is 4. The summed E-state index contributed by atoms with van der Waals surface area (Å²) in [6.07, 6.45) is 0. The van der Waals surface area contributed by atoms with Gasteiger partial charge >= 0.3 is 0 Å². The van der Waals surface area contributed by atoms with Gasteiger partial charge in [-0.05, 0) is 24.6 Å². The van der Waals surface area contributed by atoms with Gasteiger partial charge in [0.2, 0.25) is 10.0 Å². The first kappa shape index (κ1) is 15.8. The van der Waals surface area contributed by atoms with Crippen molar-refractivity contribution in [1.82, 2.24) is 4.31 Å². The van der Waals surface area contributed by atoms with E-state index in [1.54, 1.807) is 19.9 Å². The molecule has 0 bridgehead atoms. The average molecular weight is 338 g/mol. The van der Waals surface area contributed by atoms with Crippen molar-refractivity contribution in [1.29, 1.82) is 0 Å². The van der Waals surface area contributed by atoms with Crippen LogP contribution >= 0.6 is 11.6 Å². The van der Waals surface area contributed by atoms with E-state index in [2.05, 4.69) is 0 Å². The second kappa shape index (κ2) is 5.29. The summed E-state index contributed by atoms with van der Waals surface area (Å²) in [5.41, 5.74) is 0.792. The molecule has 1 aromatic rings. The molecule has 1 aliphatic heterocycles. The average Bonchev–Trinajstić information content (AvgIpc) is 2.29. The Kier molecular flexibility index (Phi) is 4.17. The quantitative estimate of drug-likeness (QED) is 0.833. The van der Waals surface area contributed by atoms with E-state index in [4.69, 9.17) is 11.6 Å². The molecule has 0 N–H and O–H groups in total. The Balaban J connectivity index is 2.20. The molecule has 1 aliphatic rings. The highest BCUT2D eigenvalue weighted by atomic mass is 35.5. The Hall–Kier alpha value is -0.630. The SMILES string of the molecule is CCS(=O)(=O)C1CN(S(=O)(=O)c2ccc(C)c(Cl)c2)C1. The highest BCUT2D eigenvalue weighted by Gasteiger charge is 2.42. The van der Waals surface area contributed by atoms with Gasteiger partial charge in [-0.1, -0.05) is 24.6 Å². The number of nitrogens with zero attached hydrogens (tertiary/aromatic N) is 1. The van der Waals surface area contributed by atoms with Crippen molar-refractivity contribution in [3.8, 4) is 0 Å². The predicted octanol–water partition coefficient (Wildman–Crippen LogP) is 1.46. The van der Waals surface area contributed by atoms with Gasteiger partial charge in [-0.15, -0.1) is 0 Å². The van der Waals surface area contributed by atoms with Crippen LogP contribution in [0, 0.1) is 6.92 Å². The Bertz CT molecular complexity index is 722. The van der Waals surface area contributed by atoms with E-state index in [1.807, 2.05) is 0 Å². The first-order chi connectivity index (χ1) is 9.18. The molecule has 0 radical (unpaired) electrons. The molecule has 0 unspecified atom stereocenters. The molecule has 0 aliphatic carbocycles. The van der Waals surface area contributed by atoms with Crippen LogP contribution in [-0.4, -0.2) is 45.2 Å². The van der Waals surface area contributed by atoms with Gasteiger partial charge in [0.15, 0.2) is 9.84 Å². The molecule has 1 saturated heterocycles. The third kappa shape index (κ3) is 2.72. The van der Waals surface area contributed by atoms with Crippen molar-refractivity contribution in [2.24, 2.45) is 0 Å². The number of sulfone groups is 1. The van der Waals surface area contributed by atoms with Crippen molar-refractivity contribution >= 4 is 31.5 Å². The lowest BCUT2D eigenvalue weighted by molar-refractivity contribution is 0.310. The van der Waals surface area contributed by atoms with E-state index in [9.17, 15) is 16.8 Å². The molecule has 0 atom stereocenters. The number of sulfonamides is 1. The number of aryl methyl sites for hydroxylation is 1. The lowest BCUT2D eigenvalue weighted by atomic mass is 10.2. The lowest BCUT2D eigenvalue weighted by Crippen LogP contribution is -2.57. The van der Waals surface area contributed by atoms with Gasteiger partial charge in [-0.3, -0.25) is 0 Å². The van der Waals surface area contributed by atoms with Crippen LogP contribution in [0.3, 0.4) is 0 Å². The van der Waals surface area contributed by atoms with Crippen LogP contribution in [0.15, 0.2) is 23.1 Å². The molecular weight excluding hydrogens is 322 g/mol. The van der Waals surface area contributed by atoms with Crippen molar-refractivity contribution < 1.29 is 16.8 Å². The molecule has 20 heavy (non-hydrogen) atoms. The monoisotopic (exact) mass is 337 g/mol. The van der Waals surface area contributed by atoms with E-state index >= 15 is 0 Å². The van der Waals surface area contributed by atoms with Crippen LogP contribution in [-0.2, 0) is 19.9 Å². The summed E-state index contributed by atoms with van der Waals surface area (Å²) in [7, 11) is -6.84. The van der Waals surface area contributed by atoms with Gasteiger partial charge in [-0.2, -0.15) is 4.31 Å². The molecule has 0 spiro atoms. The first-order valence-corrected chi connectivity index (χ1v) is 9.69. The number of benzene rings is 1. The second-order valence-electron chi connectivity index (χ2n) is 4.81. The summed E-state index contributed by atoms with van der Waals surface area (Å²) in [5.74, 6) is 0.0297. The summed E-state index contributed by atoms with van der Waals surface area (Å²) in [6, 6.07) is 4.52. The highest BCUT2D eigenvalue weighted by molar-refractivity contribution is 7.92. The maximum Gasteiger partial charge on any atom is 0.243 e. The molecule has 2 rings (SSSR count). The molecule has 1 heterocycles. The van der Waals surface area contributed by atoms with Crippen LogP contribution in [0.1, 0.15) is 12.5 Å². The van der Waals surface area contributed by atoms with E-state index in [1.165, 1.54) is 16.4 Å². The van der Waals surface area contributed by atoms with Crippen LogP contribution in [0.25, 0.3) is 0 Å². The Labute approximate surface area is 124 Å². The predicted molar refractivity (Wildman–Crippen MR) is 78.2 cm³/mol. The van der Waals surface area contributed by atoms with Gasteiger partial charge in [0.05, 0.1) is 10.1 Å². The smallest absolute Gasteiger partial charge is 0.228 e. The molecule has 0 saturated carbocycles. The highest BCUT2D eigenvalue weighted by Crippen LogP contribution is 2.27. The molecule has 112 valence electrons. The Morgan fingerprint density at radius 1 is 1.25 bits per heavy atom. The van der Waals surface area contributed by atoms with Gasteiger partial charge in [0.25, 0.3) is 0 Å². The topological polar surface area (TPSA) is 71.5 Å². The number of hydrogen-bond donors (Lipinski definition) is 0. The third-order valence-corrected chi connectivity index (χ3v) is 7.86. The zero-order valence-corrected chi connectivity index (χ0v) is 13.6. The van der Waals surface area contributed by atoms with Crippen molar-refractivity contribution in [2.45, 2.75) is 24.0 Å². The third-order valence-electron chi connectivity index (χ3n) is 3.51. The standard InChI is InChI=1S/C12H16ClNO4S2/c1-3-19(15,16)11-7-14(8-11)20(17,18)10-5-4-9(2)12(13)6-10/h4-6,11H,3,7-8H2,1-2H3. The van der Waals surface area contributed by atoms with Crippen molar-refractivity contribution in [3.63, 3.8) is 0 Å². The molecule has 8 heteroatoms. The summed E-state index contributed by atoms with van der Waals surface area (Å²) >= 11 is 5.93. The van der Waals surface area contributed by atoms with Crippen LogP contribution in [0.5, 0.6) is 0 Å². The number of halogens is 1. The maximum atomic E-state index is 12.3. The van der Waals surface area contributed by atoms with Crippen molar-refractivity contribution in [3.05, 3.63) is 28.8 Å². The van der Waals surface area contributed by atoms with E-state index in [-0.39, 0.29) is 23.7 Å². The minimum Gasteiger partial charge on any atom is -0.228 e. The fraction of sp³-hybridized carbons (Fsp3) is 0.500. The van der Waals surface area contributed by atoms with Crippen LogP contribution < -0.4 is 0 Å². The zero-order chi connectivity index (χ0) is 15.1. The Morgan fingerprint density at radius 3 is 2.35 bits per heavy atom. The second-order valence-corrected chi connectivity index (χ2v) is 9.72. The van der Waals surface area contributed by atoms with Crippen molar-refractivity contribution in [2.75, 3.05) is 18.8 Å². The summed E-state index contributed by atoms with van der Waals surface area (Å²) in [4.78, 5) is 0.0976. The zero-order valence-electron chi connectivity index (χ0n) is 11.2. The van der Waals surface area contributed by atoms with Crippen LogP contribution in [0.2, 0.25) is 5.02 Å². The fourth-order valence-corrected chi connectivity index (χ4v) is 5.22. The number of hydrogen-bond acceptors (Lipinski definition) is 4. The summed E-state index contributed by atoms with van der Waals surface area (Å²) in [6.45, 7) is 3.38. The fourth-order valence-electron chi connectivity index (χ4n) is 1.94. The van der Waals surface area contributed by atoms with E-state index in [0.717, 1.165) is 5.56 Å². The Morgan fingerprint density at radius 2 is 1.85 bits per heavy atom. The minimum absolute atomic E-state index is 0.0179. The lowest BCUT2D eigenvalue weighted by Gasteiger charge is -2.37. The van der Waals surface area contributed by atoms with Gasteiger partial charge < -0.3 is 0 Å². The summed E-state index contributed by atoms with van der Waals surface area (Å²) in [5, 5.41) is -0.215. The first-order valence-electron chi connectivity index (χ1n) is 6.16. The van der Waals surface area contributed by atoms with Gasteiger partial charge in [0, 0.05) is 23.9 Å². The summed E-state index contributed by atoms with van der Waals surface area (Å²) < 4.78 is 49.1. The molecule has 5 nitrogen and oxygen atoms in total. The molecule has 1 fully saturated rings. The molecule has 0 amide bonds. The normalized spacial score (nSPS) is 17.9. The molecule has 1 aromatic carbocycles. The maximum absolute atomic E-state index is 12.3. The van der Waals surface area contributed by atoms with Gasteiger partial charge in [0.1, 0.15) is 0 Å². The van der Waals surface area contributed by atoms with E-state index in [0.29, 0.717) is 5.02 Å². The van der Waals surface area contributed by atoms with Crippen LogP contribution in [0.4, 0.5) is 0 Å². The molecular formula is C12H16ClNO4S2. The van der Waals surface area contributed by atoms with E-state index < -0.39 is 25.1 Å². The largest absolute Gasteiger partial charge is 0.243 e.